The SMILES string of the molecule is CCSc1cc(C(=O)N(C)Cc2cc(Cl)ccc2OC)ccn1. The number of ether oxygens (including phenoxy) is 1. The van der Waals surface area contributed by atoms with E-state index in [4.69, 9.17) is 16.3 Å². The van der Waals surface area contributed by atoms with Gasteiger partial charge in [-0.1, -0.05) is 18.5 Å². The van der Waals surface area contributed by atoms with Crippen molar-refractivity contribution in [3.05, 3.63) is 52.7 Å². The molecule has 23 heavy (non-hydrogen) atoms. The third-order valence-corrected chi connectivity index (χ3v) is 4.31. The van der Waals surface area contributed by atoms with Gasteiger partial charge in [0.2, 0.25) is 0 Å². The summed E-state index contributed by atoms with van der Waals surface area (Å²) in [5, 5.41) is 1.47. The van der Waals surface area contributed by atoms with Crippen molar-refractivity contribution in [2.75, 3.05) is 19.9 Å². The number of methoxy groups -OCH3 is 1. The van der Waals surface area contributed by atoms with Gasteiger partial charge < -0.3 is 9.64 Å². The Balaban J connectivity index is 2.17. The minimum Gasteiger partial charge on any atom is -0.496 e. The lowest BCUT2D eigenvalue weighted by atomic mass is 10.1. The average Bonchev–Trinajstić information content (AvgIpc) is 2.55. The van der Waals surface area contributed by atoms with Gasteiger partial charge in [-0.15, -0.1) is 11.8 Å². The lowest BCUT2D eigenvalue weighted by Gasteiger charge is -2.19. The Hall–Kier alpha value is -1.72. The van der Waals surface area contributed by atoms with E-state index in [0.29, 0.717) is 22.9 Å². The number of rotatable bonds is 6. The molecule has 2 rings (SSSR count). The van der Waals surface area contributed by atoms with E-state index >= 15 is 0 Å². The van der Waals surface area contributed by atoms with Crippen LogP contribution in [0.25, 0.3) is 0 Å². The number of hydrogen-bond donors (Lipinski definition) is 0. The topological polar surface area (TPSA) is 42.4 Å². The molecule has 4 nitrogen and oxygen atoms in total. The largest absolute Gasteiger partial charge is 0.496 e. The second kappa shape index (κ2) is 8.22. The molecule has 1 aromatic carbocycles. The Labute approximate surface area is 145 Å². The summed E-state index contributed by atoms with van der Waals surface area (Å²) in [4.78, 5) is 18.5. The van der Waals surface area contributed by atoms with Crippen molar-refractivity contribution in [3.8, 4) is 5.75 Å². The van der Waals surface area contributed by atoms with Gasteiger partial charge in [0.05, 0.1) is 12.1 Å². The third-order valence-electron chi connectivity index (χ3n) is 3.27. The zero-order valence-electron chi connectivity index (χ0n) is 13.4. The quantitative estimate of drug-likeness (QED) is 0.735. The average molecular weight is 351 g/mol. The summed E-state index contributed by atoms with van der Waals surface area (Å²) in [6.07, 6.45) is 1.67. The van der Waals surface area contributed by atoms with E-state index in [1.165, 1.54) is 0 Å². The van der Waals surface area contributed by atoms with E-state index in [9.17, 15) is 4.79 Å². The molecule has 122 valence electrons. The molecule has 2 aromatic rings. The van der Waals surface area contributed by atoms with E-state index in [0.717, 1.165) is 16.3 Å². The van der Waals surface area contributed by atoms with Crippen LogP contribution in [0.1, 0.15) is 22.8 Å². The fraction of sp³-hybridized carbons (Fsp3) is 0.294. The van der Waals surface area contributed by atoms with Gasteiger partial charge in [-0.2, -0.15) is 0 Å². The molecule has 0 aliphatic rings. The zero-order chi connectivity index (χ0) is 16.8. The second-order valence-electron chi connectivity index (χ2n) is 4.93. The number of carbonyl (C=O) groups is 1. The summed E-state index contributed by atoms with van der Waals surface area (Å²) in [5.74, 6) is 1.57. The fourth-order valence-corrected chi connectivity index (χ4v) is 3.02. The van der Waals surface area contributed by atoms with E-state index in [-0.39, 0.29) is 5.91 Å². The first-order valence-electron chi connectivity index (χ1n) is 7.22. The minimum atomic E-state index is -0.0626. The summed E-state index contributed by atoms with van der Waals surface area (Å²) >= 11 is 7.65. The molecule has 6 heteroatoms. The second-order valence-corrected chi connectivity index (χ2v) is 6.65. The Kier molecular flexibility index (Phi) is 6.30. The minimum absolute atomic E-state index is 0.0626. The van der Waals surface area contributed by atoms with E-state index in [1.807, 2.05) is 12.1 Å². The summed E-state index contributed by atoms with van der Waals surface area (Å²) in [7, 11) is 3.36. The highest BCUT2D eigenvalue weighted by atomic mass is 35.5. The molecular formula is C17H19ClN2O2S. The van der Waals surface area contributed by atoms with Crippen LogP contribution in [-0.2, 0) is 6.54 Å². The summed E-state index contributed by atoms with van der Waals surface area (Å²) < 4.78 is 5.33. The number of aromatic nitrogens is 1. The Morgan fingerprint density at radius 2 is 2.13 bits per heavy atom. The number of carbonyl (C=O) groups excluding carboxylic acids is 1. The first kappa shape index (κ1) is 17.6. The maximum atomic E-state index is 12.6. The summed E-state index contributed by atoms with van der Waals surface area (Å²) in [5.41, 5.74) is 1.49. The molecule has 1 amide bonds. The van der Waals surface area contributed by atoms with Crippen LogP contribution in [0.15, 0.2) is 41.6 Å². The number of nitrogens with zero attached hydrogens (tertiary/aromatic N) is 2. The van der Waals surface area contributed by atoms with Crippen molar-refractivity contribution in [1.82, 2.24) is 9.88 Å². The van der Waals surface area contributed by atoms with Gasteiger partial charge in [0.1, 0.15) is 5.75 Å². The maximum absolute atomic E-state index is 12.6. The summed E-state index contributed by atoms with van der Waals surface area (Å²) in [6, 6.07) is 8.94. The number of amides is 1. The predicted molar refractivity (Wildman–Crippen MR) is 94.4 cm³/mol. The number of halogens is 1. The van der Waals surface area contributed by atoms with Crippen LogP contribution in [0.5, 0.6) is 5.75 Å². The highest BCUT2D eigenvalue weighted by Gasteiger charge is 2.15. The smallest absolute Gasteiger partial charge is 0.254 e. The van der Waals surface area contributed by atoms with Gasteiger partial charge in [-0.25, -0.2) is 4.98 Å². The van der Waals surface area contributed by atoms with Crippen LogP contribution in [0, 0.1) is 0 Å². The van der Waals surface area contributed by atoms with Crippen molar-refractivity contribution < 1.29 is 9.53 Å². The van der Waals surface area contributed by atoms with Crippen LogP contribution in [0.3, 0.4) is 0 Å². The van der Waals surface area contributed by atoms with Gasteiger partial charge in [-0.3, -0.25) is 4.79 Å². The lowest BCUT2D eigenvalue weighted by Crippen LogP contribution is -2.26. The Morgan fingerprint density at radius 1 is 1.35 bits per heavy atom. The summed E-state index contributed by atoms with van der Waals surface area (Å²) in [6.45, 7) is 2.47. The molecule has 0 radical (unpaired) electrons. The molecule has 0 saturated carbocycles. The van der Waals surface area contributed by atoms with Gasteiger partial charge in [0.15, 0.2) is 0 Å². The van der Waals surface area contributed by atoms with Crippen LogP contribution in [0.4, 0.5) is 0 Å². The number of benzene rings is 1. The van der Waals surface area contributed by atoms with Gasteiger partial charge in [-0.05, 0) is 36.1 Å². The van der Waals surface area contributed by atoms with Crippen molar-refractivity contribution in [2.45, 2.75) is 18.5 Å². The Bertz CT molecular complexity index is 694. The van der Waals surface area contributed by atoms with Crippen LogP contribution in [-0.4, -0.2) is 35.7 Å². The van der Waals surface area contributed by atoms with Crippen molar-refractivity contribution in [3.63, 3.8) is 0 Å². The van der Waals surface area contributed by atoms with E-state index in [1.54, 1.807) is 55.2 Å². The van der Waals surface area contributed by atoms with Crippen molar-refractivity contribution in [2.24, 2.45) is 0 Å². The lowest BCUT2D eigenvalue weighted by molar-refractivity contribution is 0.0783. The standard InChI is InChI=1S/C17H19ClN2O2S/c1-4-23-16-10-12(7-8-19-16)17(21)20(2)11-13-9-14(18)5-6-15(13)22-3/h5-10H,4,11H2,1-3H3. The molecule has 0 atom stereocenters. The monoisotopic (exact) mass is 350 g/mol. The van der Waals surface area contributed by atoms with Crippen LogP contribution < -0.4 is 4.74 Å². The first-order valence-corrected chi connectivity index (χ1v) is 8.58. The molecule has 0 unspecified atom stereocenters. The fourth-order valence-electron chi connectivity index (χ4n) is 2.19. The van der Waals surface area contributed by atoms with Crippen LogP contribution in [0.2, 0.25) is 5.02 Å². The first-order chi connectivity index (χ1) is 11.0. The molecule has 0 N–H and O–H groups in total. The van der Waals surface area contributed by atoms with E-state index < -0.39 is 0 Å². The molecule has 1 aromatic heterocycles. The van der Waals surface area contributed by atoms with Crippen molar-refractivity contribution in [1.29, 1.82) is 0 Å². The number of pyridine rings is 1. The zero-order valence-corrected chi connectivity index (χ0v) is 14.9. The third kappa shape index (κ3) is 4.62. The maximum Gasteiger partial charge on any atom is 0.254 e. The molecular weight excluding hydrogens is 332 g/mol. The highest BCUT2D eigenvalue weighted by Crippen LogP contribution is 2.24. The molecule has 0 aliphatic heterocycles. The molecule has 0 aliphatic carbocycles. The van der Waals surface area contributed by atoms with Crippen LogP contribution >= 0.6 is 23.4 Å². The number of thioether (sulfide) groups is 1. The van der Waals surface area contributed by atoms with Gasteiger partial charge in [0, 0.05) is 35.9 Å². The van der Waals surface area contributed by atoms with Gasteiger partial charge in [0.25, 0.3) is 5.91 Å². The molecule has 1 heterocycles. The molecule has 0 spiro atoms. The molecule has 0 fully saturated rings. The number of hydrogen-bond acceptors (Lipinski definition) is 4. The molecule has 0 saturated heterocycles. The van der Waals surface area contributed by atoms with E-state index in [2.05, 4.69) is 11.9 Å². The highest BCUT2D eigenvalue weighted by molar-refractivity contribution is 7.99. The molecule has 0 bridgehead atoms. The van der Waals surface area contributed by atoms with Crippen molar-refractivity contribution >= 4 is 29.3 Å². The normalized spacial score (nSPS) is 10.4. The Morgan fingerprint density at radius 3 is 2.83 bits per heavy atom. The van der Waals surface area contributed by atoms with Gasteiger partial charge >= 0.3 is 0 Å². The predicted octanol–water partition coefficient (Wildman–Crippen LogP) is 4.13.